The quantitative estimate of drug-likeness (QED) is 0.811. The second kappa shape index (κ2) is 6.65. The minimum Gasteiger partial charge on any atom is -0.481 e. The number of hydrogen-bond donors (Lipinski definition) is 2. The number of amides is 2. The van der Waals surface area contributed by atoms with Crippen LogP contribution in [0, 0.1) is 5.92 Å². The lowest BCUT2D eigenvalue weighted by atomic mass is 9.70. The molecule has 0 radical (unpaired) electrons. The SMILES string of the molecule is CCOC1CC(NC(=O)N2CCC(C(=O)O)CC2)C12CCCO2. The van der Waals surface area contributed by atoms with E-state index in [0.29, 0.717) is 32.5 Å². The fourth-order valence-electron chi connectivity index (χ4n) is 4.05. The number of rotatable bonds is 4. The van der Waals surface area contributed by atoms with E-state index in [2.05, 4.69) is 5.32 Å². The van der Waals surface area contributed by atoms with Crippen molar-refractivity contribution >= 4 is 12.0 Å². The standard InChI is InChI=1S/C16H26N2O5/c1-2-22-13-10-12(16(13)6-3-9-23-16)17-15(21)18-7-4-11(5-8-18)14(19)20/h11-13H,2-10H2,1H3,(H,17,21)(H,19,20). The van der Waals surface area contributed by atoms with E-state index in [4.69, 9.17) is 14.6 Å². The van der Waals surface area contributed by atoms with Crippen molar-refractivity contribution < 1.29 is 24.2 Å². The van der Waals surface area contributed by atoms with Gasteiger partial charge in [-0.25, -0.2) is 4.79 Å². The van der Waals surface area contributed by atoms with E-state index in [1.165, 1.54) is 0 Å². The van der Waals surface area contributed by atoms with Crippen LogP contribution in [0.3, 0.4) is 0 Å². The van der Waals surface area contributed by atoms with Crippen molar-refractivity contribution in [3.05, 3.63) is 0 Å². The summed E-state index contributed by atoms with van der Waals surface area (Å²) in [4.78, 5) is 25.2. The number of urea groups is 1. The van der Waals surface area contributed by atoms with Crippen LogP contribution >= 0.6 is 0 Å². The van der Waals surface area contributed by atoms with Gasteiger partial charge in [-0.2, -0.15) is 0 Å². The highest BCUT2D eigenvalue weighted by Gasteiger charge is 2.59. The molecule has 3 unspecified atom stereocenters. The summed E-state index contributed by atoms with van der Waals surface area (Å²) in [7, 11) is 0. The van der Waals surface area contributed by atoms with E-state index in [0.717, 1.165) is 25.9 Å². The lowest BCUT2D eigenvalue weighted by Crippen LogP contribution is -2.70. The Balaban J connectivity index is 1.53. The van der Waals surface area contributed by atoms with Crippen LogP contribution in [0.4, 0.5) is 4.79 Å². The summed E-state index contributed by atoms with van der Waals surface area (Å²) < 4.78 is 11.7. The highest BCUT2D eigenvalue weighted by Crippen LogP contribution is 2.45. The Morgan fingerprint density at radius 3 is 2.70 bits per heavy atom. The van der Waals surface area contributed by atoms with Gasteiger partial charge in [-0.3, -0.25) is 4.79 Å². The third kappa shape index (κ3) is 3.04. The molecule has 2 amide bonds. The number of ether oxygens (including phenoxy) is 2. The zero-order valence-corrected chi connectivity index (χ0v) is 13.6. The zero-order chi connectivity index (χ0) is 16.4. The Morgan fingerprint density at radius 1 is 1.39 bits per heavy atom. The molecule has 1 aliphatic carbocycles. The molecule has 0 aromatic heterocycles. The number of likely N-dealkylation sites (tertiary alicyclic amines) is 1. The summed E-state index contributed by atoms with van der Waals surface area (Å²) in [6.07, 6.45) is 3.82. The zero-order valence-electron chi connectivity index (χ0n) is 13.6. The first kappa shape index (κ1) is 16.5. The van der Waals surface area contributed by atoms with Crippen LogP contribution in [-0.4, -0.2) is 66.1 Å². The molecular weight excluding hydrogens is 300 g/mol. The first-order chi connectivity index (χ1) is 11.1. The van der Waals surface area contributed by atoms with Crippen molar-refractivity contribution in [1.29, 1.82) is 0 Å². The topological polar surface area (TPSA) is 88.1 Å². The average molecular weight is 326 g/mol. The minimum atomic E-state index is -0.762. The molecule has 2 aliphatic heterocycles. The maximum Gasteiger partial charge on any atom is 0.317 e. The van der Waals surface area contributed by atoms with Gasteiger partial charge in [0.1, 0.15) is 5.60 Å². The molecule has 23 heavy (non-hydrogen) atoms. The van der Waals surface area contributed by atoms with Crippen molar-refractivity contribution in [2.24, 2.45) is 5.92 Å². The maximum absolute atomic E-state index is 12.5. The Hall–Kier alpha value is -1.34. The predicted octanol–water partition coefficient (Wildman–Crippen LogP) is 1.22. The van der Waals surface area contributed by atoms with E-state index in [-0.39, 0.29) is 29.7 Å². The molecule has 0 aromatic carbocycles. The summed E-state index contributed by atoms with van der Waals surface area (Å²) in [5, 5.41) is 12.1. The minimum absolute atomic E-state index is 0.00810. The largest absolute Gasteiger partial charge is 0.481 e. The molecule has 3 rings (SSSR count). The predicted molar refractivity (Wildman–Crippen MR) is 82.2 cm³/mol. The van der Waals surface area contributed by atoms with Crippen LogP contribution in [-0.2, 0) is 14.3 Å². The van der Waals surface area contributed by atoms with Gasteiger partial charge in [-0.15, -0.1) is 0 Å². The third-order valence-electron chi connectivity index (χ3n) is 5.46. The number of carbonyl (C=O) groups is 2. The number of nitrogens with one attached hydrogen (secondary N) is 1. The fourth-order valence-corrected chi connectivity index (χ4v) is 4.05. The van der Waals surface area contributed by atoms with Gasteiger partial charge in [0.05, 0.1) is 18.1 Å². The summed E-state index contributed by atoms with van der Waals surface area (Å²) >= 11 is 0. The monoisotopic (exact) mass is 326 g/mol. The van der Waals surface area contributed by atoms with Gasteiger partial charge in [0.2, 0.25) is 0 Å². The van der Waals surface area contributed by atoms with Crippen LogP contribution in [0.25, 0.3) is 0 Å². The van der Waals surface area contributed by atoms with Crippen LogP contribution in [0.15, 0.2) is 0 Å². The number of carboxylic acids is 1. The Bertz CT molecular complexity index is 455. The molecule has 130 valence electrons. The Morgan fingerprint density at radius 2 is 2.13 bits per heavy atom. The fraction of sp³-hybridized carbons (Fsp3) is 0.875. The van der Waals surface area contributed by atoms with Gasteiger partial charge in [-0.1, -0.05) is 0 Å². The van der Waals surface area contributed by atoms with Crippen molar-refractivity contribution in [2.75, 3.05) is 26.3 Å². The summed E-state index contributed by atoms with van der Waals surface area (Å²) in [5.74, 6) is -1.09. The summed E-state index contributed by atoms with van der Waals surface area (Å²) in [6.45, 7) is 4.34. The third-order valence-corrected chi connectivity index (χ3v) is 5.46. The molecule has 1 saturated carbocycles. The number of carboxylic acid groups (broad SMARTS) is 1. The van der Waals surface area contributed by atoms with E-state index in [1.807, 2.05) is 6.92 Å². The van der Waals surface area contributed by atoms with Crippen LogP contribution < -0.4 is 5.32 Å². The molecule has 2 N–H and O–H groups in total. The van der Waals surface area contributed by atoms with E-state index < -0.39 is 5.97 Å². The Labute approximate surface area is 136 Å². The lowest BCUT2D eigenvalue weighted by Gasteiger charge is -2.52. The molecule has 2 saturated heterocycles. The van der Waals surface area contributed by atoms with Crippen LogP contribution in [0.1, 0.15) is 39.0 Å². The number of aliphatic carboxylic acids is 1. The van der Waals surface area contributed by atoms with Crippen LogP contribution in [0.5, 0.6) is 0 Å². The lowest BCUT2D eigenvalue weighted by molar-refractivity contribution is -0.195. The van der Waals surface area contributed by atoms with E-state index in [9.17, 15) is 9.59 Å². The number of hydrogen-bond acceptors (Lipinski definition) is 4. The highest BCUT2D eigenvalue weighted by atomic mass is 16.6. The summed E-state index contributed by atoms with van der Waals surface area (Å²) in [6, 6.07) is -0.116. The highest BCUT2D eigenvalue weighted by molar-refractivity contribution is 5.76. The maximum atomic E-state index is 12.5. The van der Waals surface area contributed by atoms with Crippen molar-refractivity contribution in [1.82, 2.24) is 10.2 Å². The number of nitrogens with zero attached hydrogens (tertiary/aromatic N) is 1. The molecule has 7 heteroatoms. The van der Waals surface area contributed by atoms with Crippen molar-refractivity contribution in [3.63, 3.8) is 0 Å². The van der Waals surface area contributed by atoms with E-state index >= 15 is 0 Å². The van der Waals surface area contributed by atoms with Crippen molar-refractivity contribution in [2.45, 2.75) is 56.8 Å². The second-order valence-corrected chi connectivity index (χ2v) is 6.69. The summed E-state index contributed by atoms with van der Waals surface area (Å²) in [5.41, 5.74) is -0.356. The molecule has 3 aliphatic rings. The van der Waals surface area contributed by atoms with Crippen LogP contribution in [0.2, 0.25) is 0 Å². The number of carbonyl (C=O) groups excluding carboxylic acids is 1. The second-order valence-electron chi connectivity index (χ2n) is 6.69. The van der Waals surface area contributed by atoms with E-state index in [1.54, 1.807) is 4.90 Å². The number of piperidine rings is 1. The molecule has 0 aromatic rings. The van der Waals surface area contributed by atoms with Gasteiger partial charge < -0.3 is 24.8 Å². The first-order valence-corrected chi connectivity index (χ1v) is 8.60. The van der Waals surface area contributed by atoms with Gasteiger partial charge in [0, 0.05) is 26.3 Å². The molecular formula is C16H26N2O5. The normalized spacial score (nSPS) is 34.4. The van der Waals surface area contributed by atoms with Gasteiger partial charge in [-0.05, 0) is 39.0 Å². The Kier molecular flexibility index (Phi) is 4.77. The molecule has 7 nitrogen and oxygen atoms in total. The molecule has 3 atom stereocenters. The molecule has 3 fully saturated rings. The van der Waals surface area contributed by atoms with Gasteiger partial charge in [0.15, 0.2) is 0 Å². The van der Waals surface area contributed by atoms with Gasteiger partial charge in [0.25, 0.3) is 0 Å². The average Bonchev–Trinajstić information content (AvgIpc) is 3.06. The van der Waals surface area contributed by atoms with Crippen molar-refractivity contribution in [3.8, 4) is 0 Å². The first-order valence-electron chi connectivity index (χ1n) is 8.60. The molecule has 0 bridgehead atoms. The molecule has 2 heterocycles. The smallest absolute Gasteiger partial charge is 0.317 e. The van der Waals surface area contributed by atoms with Gasteiger partial charge >= 0.3 is 12.0 Å². The molecule has 1 spiro atoms.